The summed E-state index contributed by atoms with van der Waals surface area (Å²) in [4.78, 5) is 8.27. The van der Waals surface area contributed by atoms with Crippen LogP contribution < -0.4 is 0 Å². The van der Waals surface area contributed by atoms with Gasteiger partial charge < -0.3 is 0 Å². The van der Waals surface area contributed by atoms with E-state index in [1.165, 1.54) is 12.1 Å². The monoisotopic (exact) mass is 382 g/mol. The molecule has 0 aliphatic carbocycles. The summed E-state index contributed by atoms with van der Waals surface area (Å²) < 4.78 is 13.6. The van der Waals surface area contributed by atoms with E-state index in [2.05, 4.69) is 9.97 Å². The Labute approximate surface area is 121 Å². The Bertz CT molecular complexity index is 567. The van der Waals surface area contributed by atoms with Gasteiger partial charge in [-0.25, -0.2) is 14.4 Å². The van der Waals surface area contributed by atoms with Crippen LogP contribution in [-0.4, -0.2) is 9.97 Å². The van der Waals surface area contributed by atoms with Crippen LogP contribution in [0.2, 0.25) is 10.3 Å². The highest BCUT2D eigenvalue weighted by atomic mass is 127. The summed E-state index contributed by atoms with van der Waals surface area (Å²) in [6, 6.07) is 4.38. The first-order valence-corrected chi connectivity index (χ1v) is 6.47. The summed E-state index contributed by atoms with van der Waals surface area (Å²) in [7, 11) is 0. The minimum Gasteiger partial charge on any atom is -0.215 e. The molecular weight excluding hydrogens is 377 g/mol. The molecule has 0 saturated carbocycles. The lowest BCUT2D eigenvalue weighted by atomic mass is 10.1. The number of benzene rings is 1. The van der Waals surface area contributed by atoms with Gasteiger partial charge in [-0.05, 0) is 53.3 Å². The van der Waals surface area contributed by atoms with Crippen molar-refractivity contribution in [2.24, 2.45) is 0 Å². The molecule has 0 atom stereocenters. The van der Waals surface area contributed by atoms with Gasteiger partial charge in [0.1, 0.15) is 16.1 Å². The molecule has 17 heavy (non-hydrogen) atoms. The third kappa shape index (κ3) is 2.69. The zero-order chi connectivity index (χ0) is 12.6. The quantitative estimate of drug-likeness (QED) is 0.536. The number of rotatable bonds is 1. The molecule has 1 aromatic heterocycles. The number of aromatic nitrogens is 2. The standard InChI is InChI=1S/C11H6Cl2FIN2/c1-5-4-6(14)2-3-7(5)11-16-9(12)8(15)10(13)17-11/h2-4H,1H3. The molecule has 2 nitrogen and oxygen atoms in total. The molecule has 0 aliphatic heterocycles. The van der Waals surface area contributed by atoms with Crippen LogP contribution in [0.15, 0.2) is 18.2 Å². The zero-order valence-electron chi connectivity index (χ0n) is 8.64. The van der Waals surface area contributed by atoms with Crippen molar-refractivity contribution in [2.45, 2.75) is 6.92 Å². The largest absolute Gasteiger partial charge is 0.215 e. The molecule has 0 spiro atoms. The molecular formula is C11H6Cl2FIN2. The van der Waals surface area contributed by atoms with Crippen LogP contribution >= 0.6 is 45.8 Å². The molecule has 0 unspecified atom stereocenters. The zero-order valence-corrected chi connectivity index (χ0v) is 12.3. The van der Waals surface area contributed by atoms with Crippen LogP contribution in [0.5, 0.6) is 0 Å². The molecule has 0 N–H and O–H groups in total. The van der Waals surface area contributed by atoms with Crippen molar-refractivity contribution in [1.82, 2.24) is 9.97 Å². The van der Waals surface area contributed by atoms with Crippen molar-refractivity contribution in [3.05, 3.63) is 43.5 Å². The minimum absolute atomic E-state index is 0.296. The summed E-state index contributed by atoms with van der Waals surface area (Å²) >= 11 is 13.8. The van der Waals surface area contributed by atoms with Crippen LogP contribution in [0.1, 0.15) is 5.56 Å². The van der Waals surface area contributed by atoms with Crippen molar-refractivity contribution in [2.75, 3.05) is 0 Å². The highest BCUT2D eigenvalue weighted by Gasteiger charge is 2.12. The van der Waals surface area contributed by atoms with Crippen molar-refractivity contribution in [3.8, 4) is 11.4 Å². The van der Waals surface area contributed by atoms with Crippen LogP contribution in [0.25, 0.3) is 11.4 Å². The van der Waals surface area contributed by atoms with Gasteiger partial charge in [0.05, 0.1) is 3.57 Å². The molecule has 0 saturated heterocycles. The number of hydrogen-bond donors (Lipinski definition) is 0. The van der Waals surface area contributed by atoms with Gasteiger partial charge in [-0.3, -0.25) is 0 Å². The molecule has 0 bridgehead atoms. The van der Waals surface area contributed by atoms with Gasteiger partial charge in [-0.15, -0.1) is 0 Å². The van der Waals surface area contributed by atoms with E-state index in [-0.39, 0.29) is 5.82 Å². The molecule has 6 heteroatoms. The molecule has 0 radical (unpaired) electrons. The predicted molar refractivity (Wildman–Crippen MR) is 74.9 cm³/mol. The van der Waals surface area contributed by atoms with Gasteiger partial charge in [-0.1, -0.05) is 23.2 Å². The SMILES string of the molecule is Cc1cc(F)ccc1-c1nc(Cl)c(I)c(Cl)n1. The lowest BCUT2D eigenvalue weighted by Crippen LogP contribution is -1.96. The van der Waals surface area contributed by atoms with E-state index < -0.39 is 0 Å². The second-order valence-electron chi connectivity index (χ2n) is 3.40. The number of hydrogen-bond acceptors (Lipinski definition) is 2. The first kappa shape index (κ1) is 13.0. The second-order valence-corrected chi connectivity index (χ2v) is 5.20. The van der Waals surface area contributed by atoms with E-state index in [1.54, 1.807) is 13.0 Å². The average Bonchev–Trinajstić information content (AvgIpc) is 2.25. The molecule has 88 valence electrons. The predicted octanol–water partition coefficient (Wildman–Crippen LogP) is 4.50. The van der Waals surface area contributed by atoms with Crippen molar-refractivity contribution in [1.29, 1.82) is 0 Å². The minimum atomic E-state index is -0.297. The first-order valence-electron chi connectivity index (χ1n) is 4.64. The maximum atomic E-state index is 13.0. The Kier molecular flexibility index (Phi) is 3.85. The number of aryl methyl sites for hydroxylation is 1. The highest BCUT2D eigenvalue weighted by molar-refractivity contribution is 14.1. The summed E-state index contributed by atoms with van der Waals surface area (Å²) in [5, 5.41) is 0.591. The second kappa shape index (κ2) is 5.04. The molecule has 2 rings (SSSR count). The van der Waals surface area contributed by atoms with Crippen molar-refractivity contribution >= 4 is 45.8 Å². The Balaban J connectivity index is 2.61. The van der Waals surface area contributed by atoms with Crippen LogP contribution in [0.3, 0.4) is 0 Å². The van der Waals surface area contributed by atoms with Gasteiger partial charge in [0.25, 0.3) is 0 Å². The Morgan fingerprint density at radius 2 is 1.76 bits per heavy atom. The summed E-state index contributed by atoms with van der Waals surface area (Å²) in [5.41, 5.74) is 1.45. The van der Waals surface area contributed by atoms with Gasteiger partial charge in [0.15, 0.2) is 5.82 Å². The smallest absolute Gasteiger partial charge is 0.162 e. The maximum absolute atomic E-state index is 13.0. The Morgan fingerprint density at radius 1 is 1.18 bits per heavy atom. The van der Waals surface area contributed by atoms with Gasteiger partial charge in [0.2, 0.25) is 0 Å². The molecule has 1 heterocycles. The van der Waals surface area contributed by atoms with Crippen molar-refractivity contribution < 1.29 is 4.39 Å². The van der Waals surface area contributed by atoms with Gasteiger partial charge >= 0.3 is 0 Å². The molecule has 2 aromatic rings. The topological polar surface area (TPSA) is 25.8 Å². The normalized spacial score (nSPS) is 10.6. The summed E-state index contributed by atoms with van der Waals surface area (Å²) in [6.45, 7) is 1.78. The average molecular weight is 383 g/mol. The summed E-state index contributed by atoms with van der Waals surface area (Å²) in [6.07, 6.45) is 0. The first-order chi connectivity index (χ1) is 7.99. The molecule has 0 amide bonds. The van der Waals surface area contributed by atoms with Crippen molar-refractivity contribution in [3.63, 3.8) is 0 Å². The third-order valence-corrected chi connectivity index (χ3v) is 4.41. The van der Waals surface area contributed by atoms with E-state index >= 15 is 0 Å². The van der Waals surface area contributed by atoms with Gasteiger partial charge in [-0.2, -0.15) is 0 Å². The molecule has 0 aliphatic rings. The van der Waals surface area contributed by atoms with Crippen LogP contribution in [-0.2, 0) is 0 Å². The summed E-state index contributed by atoms with van der Waals surface area (Å²) in [5.74, 6) is 0.104. The molecule has 0 fully saturated rings. The number of nitrogens with zero attached hydrogens (tertiary/aromatic N) is 2. The highest BCUT2D eigenvalue weighted by Crippen LogP contribution is 2.28. The fourth-order valence-corrected chi connectivity index (χ4v) is 2.02. The van der Waals surface area contributed by atoms with E-state index in [9.17, 15) is 4.39 Å². The number of halogens is 4. The Morgan fingerprint density at radius 3 is 2.29 bits per heavy atom. The van der Waals surface area contributed by atoms with E-state index in [0.717, 1.165) is 5.56 Å². The lowest BCUT2D eigenvalue weighted by Gasteiger charge is -2.06. The fourth-order valence-electron chi connectivity index (χ4n) is 1.39. The van der Waals surface area contributed by atoms with Crippen LogP contribution in [0, 0.1) is 16.3 Å². The lowest BCUT2D eigenvalue weighted by molar-refractivity contribution is 0.627. The maximum Gasteiger partial charge on any atom is 0.162 e. The van der Waals surface area contributed by atoms with Gasteiger partial charge in [0, 0.05) is 5.56 Å². The Hall–Kier alpha value is -0.460. The van der Waals surface area contributed by atoms with E-state index in [1.807, 2.05) is 22.6 Å². The van der Waals surface area contributed by atoms with Crippen LogP contribution in [0.4, 0.5) is 4.39 Å². The van der Waals surface area contributed by atoms with E-state index in [4.69, 9.17) is 23.2 Å². The van der Waals surface area contributed by atoms with E-state index in [0.29, 0.717) is 25.3 Å². The molecule has 1 aromatic carbocycles. The fraction of sp³-hybridized carbons (Fsp3) is 0.0909. The third-order valence-electron chi connectivity index (χ3n) is 2.20.